The first kappa shape index (κ1) is 16.2. The van der Waals surface area contributed by atoms with Gasteiger partial charge in [-0.2, -0.15) is 5.10 Å². The SMILES string of the molecule is O=C(NCc1csc(-c2cccs2)n1)N1CCCC(c2ncn[nH]2)C1. The second-order valence-corrected chi connectivity index (χ2v) is 7.74. The molecule has 0 aliphatic carbocycles. The van der Waals surface area contributed by atoms with Gasteiger partial charge in [-0.1, -0.05) is 6.07 Å². The van der Waals surface area contributed by atoms with Crippen molar-refractivity contribution in [1.82, 2.24) is 30.4 Å². The Morgan fingerprint density at radius 3 is 3.20 bits per heavy atom. The molecule has 0 bridgehead atoms. The maximum atomic E-state index is 12.5. The van der Waals surface area contributed by atoms with Crippen LogP contribution < -0.4 is 5.32 Å². The standard InChI is InChI=1S/C16H18N6OS2/c23-16(22-5-1-3-11(8-22)14-18-10-19-21-14)17-7-12-9-25-15(20-12)13-4-2-6-24-13/h2,4,6,9-11H,1,3,5,7-8H2,(H,17,23)(H,18,19,21). The molecule has 0 spiro atoms. The molecule has 130 valence electrons. The number of carbonyl (C=O) groups excluding carboxylic acids is 1. The summed E-state index contributed by atoms with van der Waals surface area (Å²) in [6.45, 7) is 1.89. The number of hydrogen-bond donors (Lipinski definition) is 2. The van der Waals surface area contributed by atoms with Crippen LogP contribution in [0.4, 0.5) is 4.79 Å². The highest BCUT2D eigenvalue weighted by molar-refractivity contribution is 7.20. The highest BCUT2D eigenvalue weighted by Gasteiger charge is 2.26. The molecule has 1 aliphatic rings. The smallest absolute Gasteiger partial charge is 0.317 e. The van der Waals surface area contributed by atoms with Crippen molar-refractivity contribution in [2.45, 2.75) is 25.3 Å². The first-order chi connectivity index (χ1) is 12.3. The number of hydrogen-bond acceptors (Lipinski definition) is 6. The third kappa shape index (κ3) is 3.72. The summed E-state index contributed by atoms with van der Waals surface area (Å²) in [7, 11) is 0. The Labute approximate surface area is 153 Å². The highest BCUT2D eigenvalue weighted by atomic mass is 32.1. The number of aromatic nitrogens is 4. The molecule has 1 unspecified atom stereocenters. The van der Waals surface area contributed by atoms with Crippen LogP contribution in [0, 0.1) is 0 Å². The van der Waals surface area contributed by atoms with Crippen molar-refractivity contribution in [3.8, 4) is 9.88 Å². The summed E-state index contributed by atoms with van der Waals surface area (Å²) in [6.07, 6.45) is 3.51. The van der Waals surface area contributed by atoms with Gasteiger partial charge in [0.25, 0.3) is 0 Å². The van der Waals surface area contributed by atoms with E-state index in [1.165, 1.54) is 6.33 Å². The van der Waals surface area contributed by atoms with Crippen LogP contribution in [0.25, 0.3) is 9.88 Å². The van der Waals surface area contributed by atoms with Crippen LogP contribution in [0.1, 0.15) is 30.3 Å². The quantitative estimate of drug-likeness (QED) is 0.735. The summed E-state index contributed by atoms with van der Waals surface area (Å²) in [5.41, 5.74) is 0.894. The monoisotopic (exact) mass is 374 g/mol. The molecule has 3 aromatic heterocycles. The summed E-state index contributed by atoms with van der Waals surface area (Å²) >= 11 is 3.28. The third-order valence-corrected chi connectivity index (χ3v) is 6.16. The van der Waals surface area contributed by atoms with Gasteiger partial charge in [0.1, 0.15) is 17.2 Å². The Bertz CT molecular complexity index is 814. The number of thiazole rings is 1. The number of amides is 2. The number of rotatable bonds is 4. The minimum atomic E-state index is -0.0464. The Morgan fingerprint density at radius 2 is 2.40 bits per heavy atom. The Morgan fingerprint density at radius 1 is 1.44 bits per heavy atom. The lowest BCUT2D eigenvalue weighted by molar-refractivity contribution is 0.178. The number of likely N-dealkylation sites (tertiary alicyclic amines) is 1. The second-order valence-electron chi connectivity index (χ2n) is 5.94. The number of thiophene rings is 1. The van der Waals surface area contributed by atoms with Gasteiger partial charge in [0.2, 0.25) is 0 Å². The molecule has 9 heteroatoms. The van der Waals surface area contributed by atoms with Crippen molar-refractivity contribution in [3.63, 3.8) is 0 Å². The van der Waals surface area contributed by atoms with Crippen molar-refractivity contribution < 1.29 is 4.79 Å². The minimum absolute atomic E-state index is 0.0464. The van der Waals surface area contributed by atoms with Gasteiger partial charge in [-0.05, 0) is 24.3 Å². The zero-order valence-electron chi connectivity index (χ0n) is 13.5. The van der Waals surface area contributed by atoms with E-state index < -0.39 is 0 Å². The average molecular weight is 374 g/mol. The van der Waals surface area contributed by atoms with Crippen LogP contribution in [-0.4, -0.2) is 44.2 Å². The van der Waals surface area contributed by atoms with Crippen molar-refractivity contribution in [3.05, 3.63) is 40.7 Å². The Kier molecular flexibility index (Phi) is 4.75. The van der Waals surface area contributed by atoms with Gasteiger partial charge in [0.15, 0.2) is 0 Å². The predicted octanol–water partition coefficient (Wildman–Crippen LogP) is 3.08. The molecule has 2 N–H and O–H groups in total. The van der Waals surface area contributed by atoms with E-state index in [1.54, 1.807) is 22.7 Å². The molecule has 2 amide bonds. The van der Waals surface area contributed by atoms with E-state index in [1.807, 2.05) is 21.7 Å². The number of nitrogens with zero attached hydrogens (tertiary/aromatic N) is 4. The van der Waals surface area contributed by atoms with Gasteiger partial charge in [0, 0.05) is 24.4 Å². The van der Waals surface area contributed by atoms with Crippen LogP contribution >= 0.6 is 22.7 Å². The summed E-state index contributed by atoms with van der Waals surface area (Å²) in [4.78, 5) is 24.3. The van der Waals surface area contributed by atoms with Crippen molar-refractivity contribution in [2.24, 2.45) is 0 Å². The van der Waals surface area contributed by atoms with Gasteiger partial charge >= 0.3 is 6.03 Å². The van der Waals surface area contributed by atoms with E-state index in [2.05, 4.69) is 31.5 Å². The Balaban J connectivity index is 1.33. The number of H-pyrrole nitrogens is 1. The molecule has 1 atom stereocenters. The molecule has 4 heterocycles. The summed E-state index contributed by atoms with van der Waals surface area (Å²) in [6, 6.07) is 4.03. The van der Waals surface area contributed by atoms with Gasteiger partial charge in [-0.15, -0.1) is 22.7 Å². The van der Waals surface area contributed by atoms with Gasteiger partial charge in [-0.25, -0.2) is 14.8 Å². The largest absolute Gasteiger partial charge is 0.332 e. The normalized spacial score (nSPS) is 17.6. The fraction of sp³-hybridized carbons (Fsp3) is 0.375. The van der Waals surface area contributed by atoms with E-state index >= 15 is 0 Å². The highest BCUT2D eigenvalue weighted by Crippen LogP contribution is 2.28. The summed E-state index contributed by atoms with van der Waals surface area (Å²) in [5.74, 6) is 1.09. The second kappa shape index (κ2) is 7.32. The lowest BCUT2D eigenvalue weighted by Crippen LogP contribution is -2.44. The fourth-order valence-corrected chi connectivity index (χ4v) is 4.61. The molecule has 1 saturated heterocycles. The van der Waals surface area contributed by atoms with E-state index in [4.69, 9.17) is 0 Å². The first-order valence-electron chi connectivity index (χ1n) is 8.16. The average Bonchev–Trinajstić information content (AvgIpc) is 3.42. The number of aromatic amines is 1. The summed E-state index contributed by atoms with van der Waals surface area (Å²) in [5, 5.41) is 14.8. The van der Waals surface area contributed by atoms with E-state index in [-0.39, 0.29) is 11.9 Å². The molecule has 3 aromatic rings. The molecule has 1 aliphatic heterocycles. The van der Waals surface area contributed by atoms with Crippen molar-refractivity contribution >= 4 is 28.7 Å². The van der Waals surface area contributed by atoms with Crippen molar-refractivity contribution in [2.75, 3.05) is 13.1 Å². The molecule has 7 nitrogen and oxygen atoms in total. The van der Waals surface area contributed by atoms with Crippen LogP contribution in [0.15, 0.2) is 29.2 Å². The van der Waals surface area contributed by atoms with Gasteiger partial charge in [0.05, 0.1) is 17.1 Å². The van der Waals surface area contributed by atoms with Gasteiger partial charge in [-0.3, -0.25) is 5.10 Å². The molecule has 25 heavy (non-hydrogen) atoms. The van der Waals surface area contributed by atoms with Crippen LogP contribution in [-0.2, 0) is 6.54 Å². The molecular weight excluding hydrogens is 356 g/mol. The number of nitrogens with one attached hydrogen (secondary N) is 2. The maximum Gasteiger partial charge on any atom is 0.317 e. The predicted molar refractivity (Wildman–Crippen MR) is 97.6 cm³/mol. The number of urea groups is 1. The number of piperidine rings is 1. The molecule has 1 fully saturated rings. The molecule has 0 radical (unpaired) electrons. The lowest BCUT2D eigenvalue weighted by Gasteiger charge is -2.31. The third-order valence-electron chi connectivity index (χ3n) is 4.23. The topological polar surface area (TPSA) is 86.8 Å². The molecule has 0 saturated carbocycles. The lowest BCUT2D eigenvalue weighted by atomic mass is 9.98. The molecular formula is C16H18N6OS2. The van der Waals surface area contributed by atoms with Crippen LogP contribution in [0.5, 0.6) is 0 Å². The van der Waals surface area contributed by atoms with E-state index in [9.17, 15) is 4.79 Å². The number of carbonyl (C=O) groups is 1. The fourth-order valence-electron chi connectivity index (χ4n) is 2.98. The van der Waals surface area contributed by atoms with Crippen molar-refractivity contribution in [1.29, 1.82) is 0 Å². The van der Waals surface area contributed by atoms with Crippen LogP contribution in [0.3, 0.4) is 0 Å². The maximum absolute atomic E-state index is 12.5. The van der Waals surface area contributed by atoms with E-state index in [0.717, 1.165) is 40.8 Å². The zero-order chi connectivity index (χ0) is 17.1. The molecule has 4 rings (SSSR count). The summed E-state index contributed by atoms with van der Waals surface area (Å²) < 4.78 is 0. The Hall–Kier alpha value is -2.26. The van der Waals surface area contributed by atoms with E-state index in [0.29, 0.717) is 13.1 Å². The minimum Gasteiger partial charge on any atom is -0.332 e. The zero-order valence-corrected chi connectivity index (χ0v) is 15.1. The first-order valence-corrected chi connectivity index (χ1v) is 9.92. The molecule has 0 aromatic carbocycles. The van der Waals surface area contributed by atoms with Crippen LogP contribution in [0.2, 0.25) is 0 Å². The van der Waals surface area contributed by atoms with Gasteiger partial charge < -0.3 is 10.2 Å².